The van der Waals surface area contributed by atoms with Crippen molar-refractivity contribution in [3.8, 4) is 11.1 Å². The summed E-state index contributed by atoms with van der Waals surface area (Å²) in [7, 11) is -1.09. The third kappa shape index (κ3) is 3.97. The molecule has 1 aromatic carbocycles. The van der Waals surface area contributed by atoms with Crippen LogP contribution in [0.25, 0.3) is 22.0 Å². The topological polar surface area (TPSA) is 86.0 Å². The first kappa shape index (κ1) is 17.4. The molecule has 0 spiro atoms. The van der Waals surface area contributed by atoms with Crippen molar-refractivity contribution < 1.29 is 9.66 Å². The molecule has 0 aliphatic heterocycles. The van der Waals surface area contributed by atoms with Gasteiger partial charge in [0.15, 0.2) is 0 Å². The molecule has 0 atom stereocenters. The predicted octanol–water partition coefficient (Wildman–Crippen LogP) is 4.25. The summed E-state index contributed by atoms with van der Waals surface area (Å²) in [6, 6.07) is 6.18. The Kier molecular flexibility index (Phi) is 4.73. The second-order valence-corrected chi connectivity index (χ2v) is 12.9. The van der Waals surface area contributed by atoms with Crippen molar-refractivity contribution in [3.05, 3.63) is 46.9 Å². The summed E-state index contributed by atoms with van der Waals surface area (Å²) in [6.07, 6.45) is 5.43. The Morgan fingerprint density at radius 2 is 2.16 bits per heavy atom. The standard InChI is InChI=1S/C17H22N4O3Si/c1-25(2,3)8-7-24-12-20-11-13(9-19-20)15-10-18-17-14(15)5-4-6-16(17)21(22)23/h4-6,9-11,18H,7-8,12H2,1-3H3. The van der Waals surface area contributed by atoms with Gasteiger partial charge in [-0.05, 0) is 6.04 Å². The van der Waals surface area contributed by atoms with Gasteiger partial charge in [-0.25, -0.2) is 4.68 Å². The number of benzene rings is 1. The lowest BCUT2D eigenvalue weighted by atomic mass is 10.1. The Balaban J connectivity index is 1.75. The SMILES string of the molecule is C[Si](C)(C)CCOCn1cc(-c2c[nH]c3c([N+](=O)[O-])cccc23)cn1. The Morgan fingerprint density at radius 3 is 2.88 bits per heavy atom. The molecular weight excluding hydrogens is 336 g/mol. The zero-order valence-corrected chi connectivity index (χ0v) is 15.7. The summed E-state index contributed by atoms with van der Waals surface area (Å²) in [5, 5.41) is 16.3. The fourth-order valence-corrected chi connectivity index (χ4v) is 3.40. The molecule has 0 bridgehead atoms. The molecule has 8 heteroatoms. The molecular formula is C17H22N4O3Si. The second-order valence-electron chi connectivity index (χ2n) is 7.28. The van der Waals surface area contributed by atoms with Gasteiger partial charge in [0.1, 0.15) is 12.2 Å². The third-order valence-corrected chi connectivity index (χ3v) is 5.76. The van der Waals surface area contributed by atoms with E-state index in [4.69, 9.17) is 4.74 Å². The van der Waals surface area contributed by atoms with Gasteiger partial charge >= 0.3 is 0 Å². The highest BCUT2D eigenvalue weighted by Crippen LogP contribution is 2.32. The smallest absolute Gasteiger partial charge is 0.293 e. The summed E-state index contributed by atoms with van der Waals surface area (Å²) >= 11 is 0. The summed E-state index contributed by atoms with van der Waals surface area (Å²) in [6.45, 7) is 8.10. The average molecular weight is 358 g/mol. The van der Waals surface area contributed by atoms with E-state index in [1.165, 1.54) is 6.07 Å². The quantitative estimate of drug-likeness (QED) is 0.296. The van der Waals surface area contributed by atoms with Gasteiger partial charge < -0.3 is 9.72 Å². The first-order valence-electron chi connectivity index (χ1n) is 8.20. The number of H-pyrrole nitrogens is 1. The fraction of sp³-hybridized carbons (Fsp3) is 0.353. The molecule has 0 unspecified atom stereocenters. The first-order chi connectivity index (χ1) is 11.8. The minimum Gasteiger partial charge on any atom is -0.360 e. The van der Waals surface area contributed by atoms with Gasteiger partial charge in [-0.1, -0.05) is 31.8 Å². The molecule has 0 fully saturated rings. The van der Waals surface area contributed by atoms with E-state index in [1.54, 1.807) is 23.1 Å². The number of nitrogens with zero attached hydrogens (tertiary/aromatic N) is 3. The van der Waals surface area contributed by atoms with E-state index in [9.17, 15) is 10.1 Å². The van der Waals surface area contributed by atoms with Crippen LogP contribution in [0.15, 0.2) is 36.8 Å². The second kappa shape index (κ2) is 6.81. The van der Waals surface area contributed by atoms with E-state index in [1.807, 2.05) is 12.3 Å². The Labute approximate surface area is 146 Å². The molecule has 2 aromatic heterocycles. The molecule has 1 N–H and O–H groups in total. The molecule has 3 aromatic rings. The molecule has 0 saturated heterocycles. The number of hydrogen-bond donors (Lipinski definition) is 1. The van der Waals surface area contributed by atoms with Crippen molar-refractivity contribution in [2.75, 3.05) is 6.61 Å². The highest BCUT2D eigenvalue weighted by molar-refractivity contribution is 6.76. The molecule has 0 amide bonds. The third-order valence-electron chi connectivity index (χ3n) is 4.05. The summed E-state index contributed by atoms with van der Waals surface area (Å²) in [5.41, 5.74) is 2.40. The van der Waals surface area contributed by atoms with Crippen LogP contribution in [0.1, 0.15) is 0 Å². The van der Waals surface area contributed by atoms with E-state index in [2.05, 4.69) is 29.7 Å². The first-order valence-corrected chi connectivity index (χ1v) is 11.9. The number of rotatable bonds is 7. The van der Waals surface area contributed by atoms with Crippen molar-refractivity contribution in [1.29, 1.82) is 0 Å². The van der Waals surface area contributed by atoms with Crippen LogP contribution >= 0.6 is 0 Å². The lowest BCUT2D eigenvalue weighted by Crippen LogP contribution is -2.22. The molecule has 7 nitrogen and oxygen atoms in total. The number of nitro benzene ring substituents is 1. The number of para-hydroxylation sites is 1. The van der Waals surface area contributed by atoms with Crippen molar-refractivity contribution in [1.82, 2.24) is 14.8 Å². The van der Waals surface area contributed by atoms with Gasteiger partial charge in [0.05, 0.1) is 11.1 Å². The highest BCUT2D eigenvalue weighted by Gasteiger charge is 2.17. The van der Waals surface area contributed by atoms with E-state index in [0.29, 0.717) is 12.2 Å². The van der Waals surface area contributed by atoms with Gasteiger partial charge in [-0.3, -0.25) is 10.1 Å². The van der Waals surface area contributed by atoms with Gasteiger partial charge in [-0.15, -0.1) is 0 Å². The van der Waals surface area contributed by atoms with Crippen molar-refractivity contribution >= 4 is 24.7 Å². The average Bonchev–Trinajstić information content (AvgIpc) is 3.16. The summed E-state index contributed by atoms with van der Waals surface area (Å²) in [4.78, 5) is 13.8. The van der Waals surface area contributed by atoms with Crippen LogP contribution in [0.4, 0.5) is 5.69 Å². The van der Waals surface area contributed by atoms with E-state index in [0.717, 1.165) is 29.2 Å². The molecule has 132 valence electrons. The van der Waals surface area contributed by atoms with Crippen molar-refractivity contribution in [3.63, 3.8) is 0 Å². The largest absolute Gasteiger partial charge is 0.360 e. The Bertz CT molecular complexity index is 895. The molecule has 0 aliphatic carbocycles. The molecule has 0 saturated carbocycles. The van der Waals surface area contributed by atoms with Gasteiger partial charge in [0.25, 0.3) is 5.69 Å². The predicted molar refractivity (Wildman–Crippen MR) is 100 cm³/mol. The molecule has 3 rings (SSSR count). The summed E-state index contributed by atoms with van der Waals surface area (Å²) in [5.74, 6) is 0. The van der Waals surface area contributed by atoms with Crippen LogP contribution in [0.5, 0.6) is 0 Å². The lowest BCUT2D eigenvalue weighted by Gasteiger charge is -2.15. The van der Waals surface area contributed by atoms with Crippen LogP contribution in [0, 0.1) is 10.1 Å². The van der Waals surface area contributed by atoms with Crippen LogP contribution in [0.2, 0.25) is 25.7 Å². The monoisotopic (exact) mass is 358 g/mol. The van der Waals surface area contributed by atoms with Crippen LogP contribution in [-0.2, 0) is 11.5 Å². The molecule has 0 aliphatic rings. The normalized spacial score (nSPS) is 12.0. The van der Waals surface area contributed by atoms with E-state index in [-0.39, 0.29) is 10.6 Å². The van der Waals surface area contributed by atoms with E-state index < -0.39 is 8.07 Å². The molecule has 2 heterocycles. The molecule has 0 radical (unpaired) electrons. The van der Waals surface area contributed by atoms with Gasteiger partial charge in [0, 0.05) is 49.7 Å². The van der Waals surface area contributed by atoms with Crippen molar-refractivity contribution in [2.24, 2.45) is 0 Å². The highest BCUT2D eigenvalue weighted by atomic mass is 28.3. The zero-order chi connectivity index (χ0) is 18.0. The number of non-ortho nitro benzene ring substituents is 1. The maximum atomic E-state index is 11.1. The Hall–Kier alpha value is -2.45. The van der Waals surface area contributed by atoms with Crippen LogP contribution < -0.4 is 0 Å². The number of aromatic amines is 1. The number of nitrogens with one attached hydrogen (secondary N) is 1. The minimum absolute atomic E-state index is 0.0748. The zero-order valence-electron chi connectivity index (χ0n) is 14.7. The van der Waals surface area contributed by atoms with Gasteiger partial charge in [-0.2, -0.15) is 5.10 Å². The number of ether oxygens (including phenoxy) is 1. The van der Waals surface area contributed by atoms with Crippen LogP contribution in [-0.4, -0.2) is 34.4 Å². The summed E-state index contributed by atoms with van der Waals surface area (Å²) < 4.78 is 7.45. The number of fused-ring (bicyclic) bond motifs is 1. The number of hydrogen-bond acceptors (Lipinski definition) is 4. The fourth-order valence-electron chi connectivity index (χ4n) is 2.64. The maximum absolute atomic E-state index is 11.1. The minimum atomic E-state index is -1.09. The van der Waals surface area contributed by atoms with Gasteiger partial charge in [0.2, 0.25) is 0 Å². The Morgan fingerprint density at radius 1 is 1.36 bits per heavy atom. The van der Waals surface area contributed by atoms with Crippen LogP contribution in [0.3, 0.4) is 0 Å². The van der Waals surface area contributed by atoms with E-state index >= 15 is 0 Å². The lowest BCUT2D eigenvalue weighted by molar-refractivity contribution is -0.383. The van der Waals surface area contributed by atoms with Crippen molar-refractivity contribution in [2.45, 2.75) is 32.4 Å². The number of nitro groups is 1. The maximum Gasteiger partial charge on any atom is 0.293 e. The molecule has 25 heavy (non-hydrogen) atoms. The number of aromatic nitrogens is 3.